The van der Waals surface area contributed by atoms with Crippen molar-refractivity contribution in [2.24, 2.45) is 0 Å². The Hall–Kier alpha value is -2.69. The van der Waals surface area contributed by atoms with Crippen LogP contribution >= 0.6 is 22.6 Å². The lowest BCUT2D eigenvalue weighted by atomic mass is 9.83. The van der Waals surface area contributed by atoms with E-state index in [-0.39, 0.29) is 11.8 Å². The molecule has 4 aromatic rings. The van der Waals surface area contributed by atoms with Crippen LogP contribution in [-0.4, -0.2) is 24.9 Å². The molecule has 0 radical (unpaired) electrons. The van der Waals surface area contributed by atoms with Gasteiger partial charge >= 0.3 is 6.18 Å². The van der Waals surface area contributed by atoms with E-state index in [4.69, 9.17) is 0 Å². The van der Waals surface area contributed by atoms with Gasteiger partial charge in [0.25, 0.3) is 0 Å². The monoisotopic (exact) mass is 536 g/mol. The maximum absolute atomic E-state index is 13.5. The molecule has 5 nitrogen and oxygen atoms in total. The van der Waals surface area contributed by atoms with Crippen molar-refractivity contribution in [3.05, 3.63) is 75.5 Å². The van der Waals surface area contributed by atoms with Crippen LogP contribution in [-0.2, 0) is 6.18 Å². The van der Waals surface area contributed by atoms with Crippen LogP contribution < -0.4 is 0 Å². The van der Waals surface area contributed by atoms with Gasteiger partial charge in [0.2, 0.25) is 0 Å². The highest BCUT2D eigenvalue weighted by molar-refractivity contribution is 14.1. The Labute approximate surface area is 189 Å². The Morgan fingerprint density at radius 2 is 1.84 bits per heavy atom. The van der Waals surface area contributed by atoms with Crippen LogP contribution in [0.25, 0.3) is 16.8 Å². The van der Waals surface area contributed by atoms with Crippen molar-refractivity contribution in [3.63, 3.8) is 0 Å². The third-order valence-electron chi connectivity index (χ3n) is 5.75. The molecule has 31 heavy (non-hydrogen) atoms. The number of nitrogens with zero attached hydrogens (tertiary/aromatic N) is 4. The molecule has 158 valence electrons. The van der Waals surface area contributed by atoms with Gasteiger partial charge < -0.3 is 0 Å². The Bertz CT molecular complexity index is 1310. The summed E-state index contributed by atoms with van der Waals surface area (Å²) in [5.74, 6) is -0.650. The molecule has 5 rings (SSSR count). The second-order valence-electron chi connectivity index (χ2n) is 7.70. The van der Waals surface area contributed by atoms with Crippen molar-refractivity contribution >= 4 is 34.0 Å². The lowest BCUT2D eigenvalue weighted by Crippen LogP contribution is -2.28. The summed E-state index contributed by atoms with van der Waals surface area (Å²) >= 11 is 2.19. The molecule has 9 heteroatoms. The van der Waals surface area contributed by atoms with Gasteiger partial charge in [-0.25, -0.2) is 4.98 Å². The van der Waals surface area contributed by atoms with Gasteiger partial charge in [0.05, 0.1) is 29.9 Å². The molecule has 0 fully saturated rings. The molecule has 0 spiro atoms. The molecular formula is C22H16F3IN4O. The minimum Gasteiger partial charge on any atom is -0.294 e. The molecule has 0 saturated heterocycles. The number of pyridine rings is 1. The van der Waals surface area contributed by atoms with E-state index in [0.717, 1.165) is 27.0 Å². The molecule has 0 bridgehead atoms. The van der Waals surface area contributed by atoms with Crippen LogP contribution in [0.2, 0.25) is 0 Å². The van der Waals surface area contributed by atoms with Gasteiger partial charge in [-0.15, -0.1) is 0 Å². The van der Waals surface area contributed by atoms with E-state index in [1.54, 1.807) is 17.1 Å². The summed E-state index contributed by atoms with van der Waals surface area (Å²) in [5, 5.41) is 4.45. The van der Waals surface area contributed by atoms with Crippen molar-refractivity contribution in [1.29, 1.82) is 0 Å². The van der Waals surface area contributed by atoms with Crippen LogP contribution in [0.1, 0.15) is 46.9 Å². The van der Waals surface area contributed by atoms with Crippen molar-refractivity contribution in [2.45, 2.75) is 31.5 Å². The van der Waals surface area contributed by atoms with E-state index in [1.165, 1.54) is 12.1 Å². The molecule has 0 amide bonds. The van der Waals surface area contributed by atoms with Crippen molar-refractivity contribution in [1.82, 2.24) is 19.2 Å². The highest BCUT2D eigenvalue weighted by Gasteiger charge is 2.37. The number of fused-ring (bicyclic) bond motifs is 2. The molecule has 4 heterocycles. The first-order chi connectivity index (χ1) is 14.7. The molecule has 3 aromatic heterocycles. The molecule has 2 atom stereocenters. The number of aromatic nitrogens is 4. The quantitative estimate of drug-likeness (QED) is 0.307. The standard InChI is InChI=1S/C22H16F3IN4O/c1-12-8-16(13-2-5-15(6-3-13)22(23,24)25)21(31)20-17(9-28-30(12)20)14-4-7-19-27-10-18(26)29(19)11-14/h2-7,9-12,16H,8H2,1H3/t12-,16?/m0/s1. The minimum atomic E-state index is -4.41. The largest absolute Gasteiger partial charge is 0.416 e. The second-order valence-corrected chi connectivity index (χ2v) is 8.80. The SMILES string of the molecule is C[C@H]1CC(c2ccc(C(F)(F)F)cc2)C(=O)c2c(-c3ccc4ncc(I)n4c3)cnn21. The molecule has 1 aliphatic rings. The Morgan fingerprint density at radius 1 is 1.10 bits per heavy atom. The van der Waals surface area contributed by atoms with E-state index < -0.39 is 17.7 Å². The summed E-state index contributed by atoms with van der Waals surface area (Å²) in [6.07, 6.45) is 1.45. The summed E-state index contributed by atoms with van der Waals surface area (Å²) in [4.78, 5) is 17.8. The number of hydrogen-bond donors (Lipinski definition) is 0. The van der Waals surface area contributed by atoms with Gasteiger partial charge in [-0.1, -0.05) is 12.1 Å². The first kappa shape index (κ1) is 20.2. The number of Topliss-reactive ketones (excluding diaryl/α,β-unsaturated/α-hetero) is 1. The third kappa shape index (κ3) is 3.35. The number of carbonyl (C=O) groups is 1. The van der Waals surface area contributed by atoms with E-state index in [0.29, 0.717) is 23.2 Å². The predicted octanol–water partition coefficient (Wildman–Crippen LogP) is 5.75. The predicted molar refractivity (Wildman–Crippen MR) is 117 cm³/mol. The molecular weight excluding hydrogens is 520 g/mol. The van der Waals surface area contributed by atoms with E-state index >= 15 is 0 Å². The third-order valence-corrected chi connectivity index (χ3v) is 6.55. The smallest absolute Gasteiger partial charge is 0.294 e. The van der Waals surface area contributed by atoms with Crippen molar-refractivity contribution < 1.29 is 18.0 Å². The van der Waals surface area contributed by atoms with Gasteiger partial charge in [-0.3, -0.25) is 13.9 Å². The second kappa shape index (κ2) is 7.18. The van der Waals surface area contributed by atoms with Crippen LogP contribution in [0, 0.1) is 3.70 Å². The zero-order valence-electron chi connectivity index (χ0n) is 16.3. The summed E-state index contributed by atoms with van der Waals surface area (Å²) in [7, 11) is 0. The number of rotatable bonds is 2. The number of halogens is 4. The lowest BCUT2D eigenvalue weighted by molar-refractivity contribution is -0.137. The van der Waals surface area contributed by atoms with E-state index in [1.807, 2.05) is 29.7 Å². The number of ketones is 1. The normalized spacial score (nSPS) is 19.1. The topological polar surface area (TPSA) is 52.2 Å². The van der Waals surface area contributed by atoms with Crippen LogP contribution in [0.5, 0.6) is 0 Å². The Balaban J connectivity index is 1.57. The number of imidazole rings is 1. The summed E-state index contributed by atoms with van der Waals surface area (Å²) in [6.45, 7) is 1.96. The highest BCUT2D eigenvalue weighted by Crippen LogP contribution is 2.40. The van der Waals surface area contributed by atoms with Gasteiger partial charge in [-0.05, 0) is 65.8 Å². The summed E-state index contributed by atoms with van der Waals surface area (Å²) in [5.41, 5.74) is 2.69. The van der Waals surface area contributed by atoms with Gasteiger partial charge in [0, 0.05) is 17.3 Å². The van der Waals surface area contributed by atoms with Crippen LogP contribution in [0.4, 0.5) is 13.2 Å². The van der Waals surface area contributed by atoms with Crippen LogP contribution in [0.15, 0.2) is 55.0 Å². The number of carbonyl (C=O) groups excluding carboxylic acids is 1. The molecule has 1 aromatic carbocycles. The fraction of sp³-hybridized carbons (Fsp3) is 0.227. The first-order valence-electron chi connectivity index (χ1n) is 9.66. The average Bonchev–Trinajstić information content (AvgIpc) is 3.35. The van der Waals surface area contributed by atoms with Gasteiger partial charge in [0.1, 0.15) is 15.0 Å². The molecule has 1 unspecified atom stereocenters. The zero-order valence-corrected chi connectivity index (χ0v) is 18.4. The fourth-order valence-corrected chi connectivity index (χ4v) is 4.69. The molecule has 0 N–H and O–H groups in total. The van der Waals surface area contributed by atoms with E-state index in [9.17, 15) is 18.0 Å². The lowest BCUT2D eigenvalue weighted by Gasteiger charge is -2.28. The number of benzene rings is 1. The van der Waals surface area contributed by atoms with Crippen LogP contribution in [0.3, 0.4) is 0 Å². The van der Waals surface area contributed by atoms with Crippen molar-refractivity contribution in [3.8, 4) is 11.1 Å². The fourth-order valence-electron chi connectivity index (χ4n) is 4.17. The number of alkyl halides is 3. The molecule has 0 aliphatic carbocycles. The zero-order chi connectivity index (χ0) is 21.9. The van der Waals surface area contributed by atoms with Crippen molar-refractivity contribution in [2.75, 3.05) is 0 Å². The molecule has 1 aliphatic heterocycles. The highest BCUT2D eigenvalue weighted by atomic mass is 127. The summed E-state index contributed by atoms with van der Waals surface area (Å²) < 4.78 is 43.4. The van der Waals surface area contributed by atoms with E-state index in [2.05, 4.69) is 32.7 Å². The van der Waals surface area contributed by atoms with Gasteiger partial charge in [-0.2, -0.15) is 18.3 Å². The Kier molecular flexibility index (Phi) is 4.68. The first-order valence-corrected chi connectivity index (χ1v) is 10.7. The average molecular weight is 536 g/mol. The Morgan fingerprint density at radius 3 is 2.55 bits per heavy atom. The number of hydrogen-bond acceptors (Lipinski definition) is 3. The summed E-state index contributed by atoms with van der Waals surface area (Å²) in [6, 6.07) is 8.60. The minimum absolute atomic E-state index is 0.0640. The maximum Gasteiger partial charge on any atom is 0.416 e. The van der Waals surface area contributed by atoms with Gasteiger partial charge in [0.15, 0.2) is 5.78 Å². The molecule has 0 saturated carbocycles. The maximum atomic E-state index is 13.5.